The van der Waals surface area contributed by atoms with Crippen molar-refractivity contribution in [3.8, 4) is 0 Å². The van der Waals surface area contributed by atoms with Gasteiger partial charge in [0.25, 0.3) is 0 Å². The summed E-state index contributed by atoms with van der Waals surface area (Å²) >= 11 is 0. The van der Waals surface area contributed by atoms with Gasteiger partial charge in [0.05, 0.1) is 43.2 Å². The Kier molecular flexibility index (Phi) is 11.5. The highest BCUT2D eigenvalue weighted by atomic mass is 16.7. The lowest BCUT2D eigenvalue weighted by atomic mass is 9.42. The zero-order valence-electron chi connectivity index (χ0n) is 29.3. The van der Waals surface area contributed by atoms with Crippen LogP contribution in [-0.2, 0) is 14.2 Å². The van der Waals surface area contributed by atoms with Crippen LogP contribution in [0, 0.1) is 52.3 Å². The van der Waals surface area contributed by atoms with E-state index in [2.05, 4.69) is 34.6 Å². The lowest BCUT2D eigenvalue weighted by Crippen LogP contribution is -2.68. The SMILES string of the molecule is COC(CO)C1OC(OCCC(CCC(C)C2C(O)C(O)C3C2(C)CCC2C4(C)CCC(O)CC4C(O)CC23O)C(C)C)C(O)C1O. The van der Waals surface area contributed by atoms with Gasteiger partial charge in [-0.3, -0.25) is 0 Å². The number of aliphatic hydroxyl groups is 8. The predicted octanol–water partition coefficient (Wildman–Crippen LogP) is 1.58. The molecule has 5 fully saturated rings. The highest BCUT2D eigenvalue weighted by Gasteiger charge is 2.72. The summed E-state index contributed by atoms with van der Waals surface area (Å²) in [5.74, 6) is -0.278. The number of methoxy groups -OCH3 is 1. The van der Waals surface area contributed by atoms with E-state index < -0.39 is 72.1 Å². The topological polar surface area (TPSA) is 190 Å². The minimum Gasteiger partial charge on any atom is -0.394 e. The van der Waals surface area contributed by atoms with E-state index in [1.54, 1.807) is 0 Å². The molecule has 0 spiro atoms. The molecule has 0 amide bonds. The standard InChI is InChI=1S/C36H64O11/c1-18(2)20(11-14-46-33-30(43)28(41)31(47-33)24(17-37)45-6)8-7-19(3)26-27(40)29(42)32-35(26,5)13-10-25-34(4)12-9-21(38)15-22(34)23(39)16-36(25,32)44/h18-33,37-44H,7-17H2,1-6H3. The first kappa shape index (κ1) is 37.8. The van der Waals surface area contributed by atoms with Gasteiger partial charge in [0, 0.05) is 19.4 Å². The van der Waals surface area contributed by atoms with Crippen molar-refractivity contribution < 1.29 is 55.1 Å². The molecule has 18 atom stereocenters. The van der Waals surface area contributed by atoms with Gasteiger partial charge in [-0.25, -0.2) is 0 Å². The monoisotopic (exact) mass is 672 g/mol. The normalized spacial score (nSPS) is 50.1. The molecule has 0 bridgehead atoms. The summed E-state index contributed by atoms with van der Waals surface area (Å²) in [7, 11) is 1.41. The van der Waals surface area contributed by atoms with Crippen LogP contribution in [0.4, 0.5) is 0 Å². The Morgan fingerprint density at radius 3 is 2.17 bits per heavy atom. The Bertz CT molecular complexity index is 1040. The molecule has 4 aliphatic carbocycles. The second kappa shape index (κ2) is 14.3. The first-order chi connectivity index (χ1) is 22.0. The van der Waals surface area contributed by atoms with Gasteiger partial charge < -0.3 is 55.1 Å². The molecule has 0 aromatic rings. The van der Waals surface area contributed by atoms with Gasteiger partial charge in [0.2, 0.25) is 0 Å². The summed E-state index contributed by atoms with van der Waals surface area (Å²) in [6.07, 6.45) is -2.43. The smallest absolute Gasteiger partial charge is 0.186 e. The molecule has 274 valence electrons. The van der Waals surface area contributed by atoms with Gasteiger partial charge in [-0.1, -0.05) is 41.0 Å². The molecule has 11 nitrogen and oxygen atoms in total. The summed E-state index contributed by atoms with van der Waals surface area (Å²) in [5, 5.41) is 88.0. The molecule has 1 saturated heterocycles. The number of ether oxygens (including phenoxy) is 3. The molecule has 8 N–H and O–H groups in total. The third kappa shape index (κ3) is 6.47. The summed E-state index contributed by atoms with van der Waals surface area (Å²) in [6, 6.07) is 0. The second-order valence-corrected chi connectivity index (χ2v) is 17.0. The van der Waals surface area contributed by atoms with Crippen LogP contribution in [0.5, 0.6) is 0 Å². The van der Waals surface area contributed by atoms with E-state index in [4.69, 9.17) is 14.2 Å². The zero-order chi connectivity index (χ0) is 34.6. The number of rotatable bonds is 12. The van der Waals surface area contributed by atoms with E-state index in [0.717, 1.165) is 32.1 Å². The molecule has 0 aromatic heterocycles. The summed E-state index contributed by atoms with van der Waals surface area (Å²) in [4.78, 5) is 0. The summed E-state index contributed by atoms with van der Waals surface area (Å²) in [6.45, 7) is 10.7. The van der Waals surface area contributed by atoms with Gasteiger partial charge >= 0.3 is 0 Å². The molecule has 11 heteroatoms. The number of hydrogen-bond donors (Lipinski definition) is 8. The molecule has 0 radical (unpaired) electrons. The number of fused-ring (bicyclic) bond motifs is 5. The van der Waals surface area contributed by atoms with Crippen molar-refractivity contribution in [2.75, 3.05) is 20.3 Å². The first-order valence-electron chi connectivity index (χ1n) is 18.3. The summed E-state index contributed by atoms with van der Waals surface area (Å²) < 4.78 is 16.8. The fourth-order valence-corrected chi connectivity index (χ4v) is 11.7. The van der Waals surface area contributed by atoms with Gasteiger partial charge in [-0.15, -0.1) is 0 Å². The zero-order valence-corrected chi connectivity index (χ0v) is 29.3. The molecule has 18 unspecified atom stereocenters. The molecule has 47 heavy (non-hydrogen) atoms. The molecule has 1 heterocycles. The molecular weight excluding hydrogens is 608 g/mol. The van der Waals surface area contributed by atoms with Crippen LogP contribution >= 0.6 is 0 Å². The number of hydrogen-bond acceptors (Lipinski definition) is 11. The van der Waals surface area contributed by atoms with E-state index in [-0.39, 0.29) is 48.0 Å². The van der Waals surface area contributed by atoms with Gasteiger partial charge in [0.1, 0.15) is 24.4 Å². The van der Waals surface area contributed by atoms with Crippen molar-refractivity contribution >= 4 is 0 Å². The van der Waals surface area contributed by atoms with E-state index in [1.807, 2.05) is 0 Å². The average molecular weight is 673 g/mol. The minimum atomic E-state index is -1.30. The van der Waals surface area contributed by atoms with Crippen molar-refractivity contribution in [3.63, 3.8) is 0 Å². The van der Waals surface area contributed by atoms with E-state index in [0.29, 0.717) is 31.8 Å². The van der Waals surface area contributed by atoms with E-state index in [9.17, 15) is 40.9 Å². The van der Waals surface area contributed by atoms with Crippen LogP contribution in [-0.4, -0.2) is 122 Å². The quantitative estimate of drug-likeness (QED) is 0.150. The predicted molar refractivity (Wildman–Crippen MR) is 173 cm³/mol. The fourth-order valence-electron chi connectivity index (χ4n) is 11.7. The van der Waals surface area contributed by atoms with Crippen LogP contribution in [0.1, 0.15) is 92.4 Å². The largest absolute Gasteiger partial charge is 0.394 e. The molecule has 4 saturated carbocycles. The lowest BCUT2D eigenvalue weighted by molar-refractivity contribution is -0.264. The van der Waals surface area contributed by atoms with Gasteiger partial charge in [-0.05, 0) is 91.3 Å². The minimum absolute atomic E-state index is 0.0685. The molecule has 0 aromatic carbocycles. The maximum absolute atomic E-state index is 12.6. The van der Waals surface area contributed by atoms with E-state index in [1.165, 1.54) is 7.11 Å². The Hall–Kier alpha value is -0.440. The van der Waals surface area contributed by atoms with E-state index >= 15 is 0 Å². The molecular formula is C36H64O11. The third-order valence-electron chi connectivity index (χ3n) is 14.3. The summed E-state index contributed by atoms with van der Waals surface area (Å²) in [5.41, 5.74) is -2.14. The van der Waals surface area contributed by atoms with Crippen molar-refractivity contribution in [3.05, 3.63) is 0 Å². The maximum Gasteiger partial charge on any atom is 0.186 e. The Labute approximate surface area is 280 Å². The van der Waals surface area contributed by atoms with Crippen LogP contribution in [0.2, 0.25) is 0 Å². The van der Waals surface area contributed by atoms with Gasteiger partial charge in [-0.2, -0.15) is 0 Å². The highest BCUT2D eigenvalue weighted by Crippen LogP contribution is 2.69. The Morgan fingerprint density at radius 2 is 1.53 bits per heavy atom. The van der Waals surface area contributed by atoms with Crippen LogP contribution < -0.4 is 0 Å². The van der Waals surface area contributed by atoms with Crippen molar-refractivity contribution in [1.29, 1.82) is 0 Å². The third-order valence-corrected chi connectivity index (χ3v) is 14.3. The van der Waals surface area contributed by atoms with Crippen LogP contribution in [0.15, 0.2) is 0 Å². The fraction of sp³-hybridized carbons (Fsp3) is 1.00. The van der Waals surface area contributed by atoms with Gasteiger partial charge in [0.15, 0.2) is 6.29 Å². The molecule has 1 aliphatic heterocycles. The highest BCUT2D eigenvalue weighted by molar-refractivity contribution is 5.21. The number of aliphatic hydroxyl groups excluding tert-OH is 7. The van der Waals surface area contributed by atoms with Crippen LogP contribution in [0.3, 0.4) is 0 Å². The first-order valence-corrected chi connectivity index (χ1v) is 18.3. The Balaban J connectivity index is 1.23. The second-order valence-electron chi connectivity index (χ2n) is 17.0. The van der Waals surface area contributed by atoms with Crippen molar-refractivity contribution in [2.45, 2.75) is 153 Å². The van der Waals surface area contributed by atoms with Crippen molar-refractivity contribution in [1.82, 2.24) is 0 Å². The Morgan fingerprint density at radius 1 is 0.851 bits per heavy atom. The van der Waals surface area contributed by atoms with Crippen LogP contribution in [0.25, 0.3) is 0 Å². The molecule has 5 rings (SSSR count). The average Bonchev–Trinajstić information content (AvgIpc) is 3.40. The lowest BCUT2D eigenvalue weighted by Gasteiger charge is -2.65. The maximum atomic E-state index is 12.6. The molecule has 5 aliphatic rings. The van der Waals surface area contributed by atoms with Crippen molar-refractivity contribution in [2.24, 2.45) is 52.3 Å².